The van der Waals surface area contributed by atoms with Crippen molar-refractivity contribution in [1.29, 1.82) is 0 Å². The smallest absolute Gasteiger partial charge is 0.335 e. The van der Waals surface area contributed by atoms with E-state index in [1.165, 1.54) is 12.1 Å². The van der Waals surface area contributed by atoms with E-state index in [1.54, 1.807) is 24.3 Å². The second-order valence-corrected chi connectivity index (χ2v) is 4.90. The lowest BCUT2D eigenvalue weighted by molar-refractivity contribution is 0.0697. The lowest BCUT2D eigenvalue weighted by atomic mass is 10.1. The zero-order valence-corrected chi connectivity index (χ0v) is 11.5. The first-order valence-corrected chi connectivity index (χ1v) is 6.36. The van der Waals surface area contributed by atoms with E-state index in [0.29, 0.717) is 22.8 Å². The number of hydrogen-bond donors (Lipinski definition) is 2. The summed E-state index contributed by atoms with van der Waals surface area (Å²) < 4.78 is 13.2. The lowest BCUT2D eigenvalue weighted by Gasteiger charge is -2.11. The van der Waals surface area contributed by atoms with Crippen molar-refractivity contribution in [2.45, 2.75) is 13.5 Å². The maximum absolute atomic E-state index is 13.2. The van der Waals surface area contributed by atoms with Crippen LogP contribution in [0.15, 0.2) is 36.4 Å². The van der Waals surface area contributed by atoms with E-state index in [1.807, 2.05) is 6.92 Å². The first-order valence-electron chi connectivity index (χ1n) is 5.98. The molecule has 0 unspecified atom stereocenters. The van der Waals surface area contributed by atoms with Gasteiger partial charge in [0.25, 0.3) is 0 Å². The Balaban J connectivity index is 2.18. The minimum atomic E-state index is -0.984. The van der Waals surface area contributed by atoms with E-state index < -0.39 is 11.8 Å². The number of rotatable bonds is 4. The van der Waals surface area contributed by atoms with Crippen LogP contribution in [0.4, 0.5) is 10.1 Å². The Morgan fingerprint density at radius 3 is 2.70 bits per heavy atom. The Kier molecular flexibility index (Phi) is 4.25. The van der Waals surface area contributed by atoms with Crippen molar-refractivity contribution in [1.82, 2.24) is 0 Å². The molecule has 0 aliphatic carbocycles. The summed E-state index contributed by atoms with van der Waals surface area (Å²) in [6.45, 7) is 2.23. The molecule has 5 heteroatoms. The molecule has 0 aliphatic rings. The van der Waals surface area contributed by atoms with Gasteiger partial charge in [0, 0.05) is 17.3 Å². The predicted octanol–water partition coefficient (Wildman–Crippen LogP) is 4.10. The molecule has 2 rings (SSSR count). The van der Waals surface area contributed by atoms with E-state index in [0.717, 1.165) is 5.56 Å². The molecule has 0 fully saturated rings. The van der Waals surface area contributed by atoms with Crippen LogP contribution < -0.4 is 5.32 Å². The van der Waals surface area contributed by atoms with E-state index >= 15 is 0 Å². The van der Waals surface area contributed by atoms with Gasteiger partial charge in [-0.2, -0.15) is 0 Å². The molecular formula is C15H13ClFNO2. The minimum absolute atomic E-state index is 0.204. The molecule has 0 saturated heterocycles. The predicted molar refractivity (Wildman–Crippen MR) is 76.9 cm³/mol. The van der Waals surface area contributed by atoms with Crippen LogP contribution in [-0.2, 0) is 6.54 Å². The summed E-state index contributed by atoms with van der Waals surface area (Å²) in [5, 5.41) is 12.4. The summed E-state index contributed by atoms with van der Waals surface area (Å²) in [6.07, 6.45) is 0. The molecule has 0 radical (unpaired) electrons. The molecule has 3 nitrogen and oxygen atoms in total. The van der Waals surface area contributed by atoms with Gasteiger partial charge in [0.1, 0.15) is 5.82 Å². The van der Waals surface area contributed by atoms with Crippen molar-refractivity contribution < 1.29 is 14.3 Å². The first-order chi connectivity index (χ1) is 9.45. The molecule has 2 aromatic carbocycles. The molecule has 0 aliphatic heterocycles. The number of halogens is 2. The van der Waals surface area contributed by atoms with Crippen LogP contribution in [0.1, 0.15) is 21.5 Å². The Morgan fingerprint density at radius 1 is 1.30 bits per heavy atom. The third-order valence-corrected chi connectivity index (χ3v) is 3.11. The Hall–Kier alpha value is -2.07. The summed E-state index contributed by atoms with van der Waals surface area (Å²) in [4.78, 5) is 10.9. The molecule has 0 saturated carbocycles. The SMILES string of the molecule is Cc1ccc(C(=O)O)cc1NCc1cc(F)cc(Cl)c1. The highest BCUT2D eigenvalue weighted by Gasteiger charge is 2.06. The zero-order valence-electron chi connectivity index (χ0n) is 10.8. The number of aromatic carboxylic acids is 1. The topological polar surface area (TPSA) is 49.3 Å². The maximum atomic E-state index is 13.2. The highest BCUT2D eigenvalue weighted by atomic mass is 35.5. The molecule has 20 heavy (non-hydrogen) atoms. The van der Waals surface area contributed by atoms with Crippen LogP contribution in [0.5, 0.6) is 0 Å². The fraction of sp³-hybridized carbons (Fsp3) is 0.133. The highest BCUT2D eigenvalue weighted by molar-refractivity contribution is 6.30. The molecule has 104 valence electrons. The molecular weight excluding hydrogens is 281 g/mol. The molecule has 2 N–H and O–H groups in total. The number of benzene rings is 2. The van der Waals surface area contributed by atoms with Crippen LogP contribution in [0.2, 0.25) is 5.02 Å². The highest BCUT2D eigenvalue weighted by Crippen LogP contribution is 2.19. The number of hydrogen-bond acceptors (Lipinski definition) is 2. The average molecular weight is 294 g/mol. The number of anilines is 1. The quantitative estimate of drug-likeness (QED) is 0.892. The van der Waals surface area contributed by atoms with Gasteiger partial charge < -0.3 is 10.4 Å². The van der Waals surface area contributed by atoms with E-state index in [2.05, 4.69) is 5.32 Å². The fourth-order valence-electron chi connectivity index (χ4n) is 1.86. The van der Waals surface area contributed by atoms with Gasteiger partial charge in [0.2, 0.25) is 0 Å². The van der Waals surface area contributed by atoms with Gasteiger partial charge in [-0.15, -0.1) is 0 Å². The number of carboxylic acid groups (broad SMARTS) is 1. The summed E-state index contributed by atoms with van der Waals surface area (Å²) >= 11 is 5.78. The van der Waals surface area contributed by atoms with E-state index in [-0.39, 0.29) is 5.56 Å². The molecule has 0 atom stereocenters. The summed E-state index contributed by atoms with van der Waals surface area (Å²) in [6, 6.07) is 9.11. The minimum Gasteiger partial charge on any atom is -0.478 e. The Bertz CT molecular complexity index is 638. The van der Waals surface area contributed by atoms with Crippen molar-refractivity contribution in [2.24, 2.45) is 0 Å². The molecule has 0 aromatic heterocycles. The number of aryl methyl sites for hydroxylation is 1. The lowest BCUT2D eigenvalue weighted by Crippen LogP contribution is -2.04. The summed E-state index contributed by atoms with van der Waals surface area (Å²) in [5.41, 5.74) is 2.51. The van der Waals surface area contributed by atoms with Crippen LogP contribution in [0, 0.1) is 12.7 Å². The molecule has 0 bridgehead atoms. The van der Waals surface area contributed by atoms with Gasteiger partial charge >= 0.3 is 5.97 Å². The third kappa shape index (κ3) is 3.48. The number of nitrogens with one attached hydrogen (secondary N) is 1. The molecule has 0 heterocycles. The molecule has 0 amide bonds. The van der Waals surface area contributed by atoms with Crippen molar-refractivity contribution in [3.63, 3.8) is 0 Å². The number of carbonyl (C=O) groups is 1. The maximum Gasteiger partial charge on any atom is 0.335 e. The molecule has 2 aromatic rings. The second-order valence-electron chi connectivity index (χ2n) is 4.47. The summed E-state index contributed by atoms with van der Waals surface area (Å²) in [7, 11) is 0. The Labute approximate surface area is 121 Å². The van der Waals surface area contributed by atoms with Crippen LogP contribution in [0.3, 0.4) is 0 Å². The normalized spacial score (nSPS) is 10.3. The average Bonchev–Trinajstić information content (AvgIpc) is 2.36. The van der Waals surface area contributed by atoms with Gasteiger partial charge in [-0.1, -0.05) is 17.7 Å². The third-order valence-electron chi connectivity index (χ3n) is 2.89. The Morgan fingerprint density at radius 2 is 2.05 bits per heavy atom. The van der Waals surface area contributed by atoms with Gasteiger partial charge in [0.15, 0.2) is 0 Å². The van der Waals surface area contributed by atoms with E-state index in [9.17, 15) is 9.18 Å². The largest absolute Gasteiger partial charge is 0.478 e. The fourth-order valence-corrected chi connectivity index (χ4v) is 2.10. The zero-order chi connectivity index (χ0) is 14.7. The van der Waals surface area contributed by atoms with Crippen molar-refractivity contribution in [3.8, 4) is 0 Å². The summed E-state index contributed by atoms with van der Waals surface area (Å²) in [5.74, 6) is -1.38. The van der Waals surface area contributed by atoms with Gasteiger partial charge in [-0.05, 0) is 48.4 Å². The standard InChI is InChI=1S/C15H13ClFNO2/c1-9-2-3-11(15(19)20)6-14(9)18-8-10-4-12(16)7-13(17)5-10/h2-7,18H,8H2,1H3,(H,19,20). The van der Waals surface area contributed by atoms with Crippen molar-refractivity contribution in [3.05, 3.63) is 63.9 Å². The second kappa shape index (κ2) is 5.92. The monoisotopic (exact) mass is 293 g/mol. The van der Waals surface area contributed by atoms with Crippen molar-refractivity contribution >= 4 is 23.3 Å². The van der Waals surface area contributed by atoms with Gasteiger partial charge in [-0.3, -0.25) is 0 Å². The molecule has 0 spiro atoms. The first kappa shape index (κ1) is 14.3. The number of carboxylic acids is 1. The van der Waals surface area contributed by atoms with Gasteiger partial charge in [0.05, 0.1) is 5.56 Å². The van der Waals surface area contributed by atoms with Crippen molar-refractivity contribution in [2.75, 3.05) is 5.32 Å². The van der Waals surface area contributed by atoms with Crippen LogP contribution in [-0.4, -0.2) is 11.1 Å². The van der Waals surface area contributed by atoms with Gasteiger partial charge in [-0.25, -0.2) is 9.18 Å². The van der Waals surface area contributed by atoms with Crippen LogP contribution in [0.25, 0.3) is 0 Å². The van der Waals surface area contributed by atoms with Crippen LogP contribution >= 0.6 is 11.6 Å². The van der Waals surface area contributed by atoms with E-state index in [4.69, 9.17) is 16.7 Å².